The molecule has 1 aromatic heterocycles. The largest absolute Gasteiger partial charge is 0.434 e. The molecule has 6 nitrogen and oxygen atoms in total. The zero-order chi connectivity index (χ0) is 22.0. The predicted octanol–water partition coefficient (Wildman–Crippen LogP) is 4.97. The summed E-state index contributed by atoms with van der Waals surface area (Å²) >= 11 is 0. The molecule has 0 atom stereocenters. The van der Waals surface area contributed by atoms with E-state index in [-0.39, 0.29) is 23.1 Å². The molecule has 0 radical (unpaired) electrons. The summed E-state index contributed by atoms with van der Waals surface area (Å²) in [6.45, 7) is 5.70. The topological polar surface area (TPSA) is 76.5 Å². The summed E-state index contributed by atoms with van der Waals surface area (Å²) in [6.07, 6.45) is 3.51. The molecule has 0 unspecified atom stereocenters. The van der Waals surface area contributed by atoms with Crippen molar-refractivity contribution in [1.29, 1.82) is 0 Å². The van der Waals surface area contributed by atoms with Crippen LogP contribution in [0, 0.1) is 26.6 Å². The van der Waals surface area contributed by atoms with Gasteiger partial charge in [-0.05, 0) is 68.4 Å². The lowest BCUT2D eigenvalue weighted by Crippen LogP contribution is -2.19. The van der Waals surface area contributed by atoms with Gasteiger partial charge in [-0.25, -0.2) is 9.82 Å². The molecule has 1 aliphatic carbocycles. The number of amides is 1. The van der Waals surface area contributed by atoms with Gasteiger partial charge in [0.05, 0.1) is 11.9 Å². The lowest BCUT2D eigenvalue weighted by molar-refractivity contribution is 0.0951. The number of carbonyl (C=O) groups is 1. The quantitative estimate of drug-likeness (QED) is 0.453. The van der Waals surface area contributed by atoms with Gasteiger partial charge in [0, 0.05) is 0 Å². The first-order chi connectivity index (χ1) is 14.9. The normalized spacial score (nSPS) is 13.4. The number of nitrogens with one attached hydrogen (secondary N) is 1. The van der Waals surface area contributed by atoms with Gasteiger partial charge in [0.2, 0.25) is 0 Å². The summed E-state index contributed by atoms with van der Waals surface area (Å²) < 4.78 is 20.5. The van der Waals surface area contributed by atoms with Crippen LogP contribution in [0.15, 0.2) is 47.6 Å². The Bertz CT molecular complexity index is 1170. The molecule has 7 heteroatoms. The molecule has 1 N–H and O–H groups in total. The molecule has 0 bridgehead atoms. The molecule has 1 saturated carbocycles. The molecular weight excluding hydrogens is 395 g/mol. The molecule has 2 aromatic carbocycles. The second-order valence-electron chi connectivity index (χ2n) is 7.80. The number of halogens is 1. The van der Waals surface area contributed by atoms with Crippen LogP contribution in [0.5, 0.6) is 11.6 Å². The van der Waals surface area contributed by atoms with Crippen molar-refractivity contribution in [2.75, 3.05) is 0 Å². The number of hydrogen-bond donors (Lipinski definition) is 1. The Labute approximate surface area is 180 Å². The molecule has 1 amide bonds. The minimum absolute atomic E-state index is 0.0235. The Morgan fingerprint density at radius 2 is 1.97 bits per heavy atom. The first kappa shape index (κ1) is 20.7. The molecule has 4 rings (SSSR count). The lowest BCUT2D eigenvalue weighted by atomic mass is 10.1. The van der Waals surface area contributed by atoms with Crippen LogP contribution >= 0.6 is 0 Å². The standard InChI is InChI=1S/C24H23FN4O2/c1-14-7-8-18(15(2)11-14)13-26-28-23(30)20-12-16(3)27-29-24(20)31-21-6-4-5-19(22(21)25)17-9-10-17/h4-8,11-13,17H,9-10H2,1-3H3,(H,28,30)/b26-13+. The molecule has 0 saturated heterocycles. The molecule has 0 aliphatic heterocycles. The Morgan fingerprint density at radius 1 is 1.16 bits per heavy atom. The summed E-state index contributed by atoms with van der Waals surface area (Å²) in [5.74, 6) is -0.763. The van der Waals surface area contributed by atoms with E-state index < -0.39 is 11.7 Å². The van der Waals surface area contributed by atoms with Crippen molar-refractivity contribution < 1.29 is 13.9 Å². The van der Waals surface area contributed by atoms with E-state index in [1.54, 1.807) is 25.3 Å². The van der Waals surface area contributed by atoms with Crippen molar-refractivity contribution >= 4 is 12.1 Å². The highest BCUT2D eigenvalue weighted by molar-refractivity contribution is 5.97. The van der Waals surface area contributed by atoms with Crippen molar-refractivity contribution in [2.45, 2.75) is 39.5 Å². The van der Waals surface area contributed by atoms with E-state index in [4.69, 9.17) is 4.74 Å². The number of hydrogen-bond acceptors (Lipinski definition) is 5. The third-order valence-electron chi connectivity index (χ3n) is 5.14. The van der Waals surface area contributed by atoms with E-state index in [1.165, 1.54) is 12.1 Å². The van der Waals surface area contributed by atoms with Crippen LogP contribution in [-0.4, -0.2) is 22.3 Å². The van der Waals surface area contributed by atoms with Crippen LogP contribution in [0.1, 0.15) is 57.1 Å². The molecule has 3 aromatic rings. The smallest absolute Gasteiger partial charge is 0.276 e. The zero-order valence-electron chi connectivity index (χ0n) is 17.6. The maximum atomic E-state index is 14.8. The van der Waals surface area contributed by atoms with Gasteiger partial charge in [0.1, 0.15) is 5.56 Å². The van der Waals surface area contributed by atoms with Gasteiger partial charge < -0.3 is 4.74 Å². The number of carbonyl (C=O) groups excluding carboxylic acids is 1. The van der Waals surface area contributed by atoms with Crippen molar-refractivity contribution in [3.8, 4) is 11.6 Å². The average Bonchev–Trinajstić information content (AvgIpc) is 3.57. The summed E-state index contributed by atoms with van der Waals surface area (Å²) in [7, 11) is 0. The highest BCUT2D eigenvalue weighted by atomic mass is 19.1. The fourth-order valence-electron chi connectivity index (χ4n) is 3.33. The average molecular weight is 418 g/mol. The summed E-state index contributed by atoms with van der Waals surface area (Å²) in [6, 6.07) is 12.5. The van der Waals surface area contributed by atoms with Crippen molar-refractivity contribution in [2.24, 2.45) is 5.10 Å². The Hall–Kier alpha value is -3.61. The predicted molar refractivity (Wildman–Crippen MR) is 116 cm³/mol. The molecule has 158 valence electrons. The van der Waals surface area contributed by atoms with Gasteiger partial charge in [-0.15, -0.1) is 5.10 Å². The third kappa shape index (κ3) is 4.77. The number of nitrogens with zero attached hydrogens (tertiary/aromatic N) is 3. The Balaban J connectivity index is 1.55. The molecule has 31 heavy (non-hydrogen) atoms. The second-order valence-corrected chi connectivity index (χ2v) is 7.80. The molecule has 1 heterocycles. The van der Waals surface area contributed by atoms with E-state index >= 15 is 0 Å². The summed E-state index contributed by atoms with van der Waals surface area (Å²) in [5, 5.41) is 12.0. The minimum atomic E-state index is -0.521. The maximum Gasteiger partial charge on any atom is 0.276 e. The first-order valence-corrected chi connectivity index (χ1v) is 10.1. The van der Waals surface area contributed by atoms with Crippen LogP contribution in [0.3, 0.4) is 0 Å². The van der Waals surface area contributed by atoms with Crippen LogP contribution in [0.25, 0.3) is 0 Å². The van der Waals surface area contributed by atoms with E-state index in [0.717, 1.165) is 29.5 Å². The highest BCUT2D eigenvalue weighted by Gasteiger charge is 2.28. The van der Waals surface area contributed by atoms with Gasteiger partial charge in [-0.3, -0.25) is 4.79 Å². The van der Waals surface area contributed by atoms with Crippen LogP contribution < -0.4 is 10.2 Å². The van der Waals surface area contributed by atoms with Gasteiger partial charge in [-0.1, -0.05) is 35.9 Å². The van der Waals surface area contributed by atoms with Gasteiger partial charge in [0.25, 0.3) is 11.8 Å². The first-order valence-electron chi connectivity index (χ1n) is 10.1. The van der Waals surface area contributed by atoms with Crippen LogP contribution in [0.2, 0.25) is 0 Å². The Morgan fingerprint density at radius 3 is 2.71 bits per heavy atom. The van der Waals surface area contributed by atoms with Crippen LogP contribution in [-0.2, 0) is 0 Å². The highest BCUT2D eigenvalue weighted by Crippen LogP contribution is 2.43. The van der Waals surface area contributed by atoms with E-state index in [1.807, 2.05) is 32.0 Å². The number of aromatic nitrogens is 2. The number of benzene rings is 2. The minimum Gasteiger partial charge on any atom is -0.434 e. The number of rotatable bonds is 6. The lowest BCUT2D eigenvalue weighted by Gasteiger charge is -2.11. The SMILES string of the molecule is Cc1ccc(/C=N/NC(=O)c2cc(C)nnc2Oc2cccc(C3CC3)c2F)c(C)c1. The molecule has 0 spiro atoms. The fraction of sp³-hybridized carbons (Fsp3) is 0.250. The second kappa shape index (κ2) is 8.63. The van der Waals surface area contributed by atoms with E-state index in [9.17, 15) is 9.18 Å². The fourth-order valence-corrected chi connectivity index (χ4v) is 3.33. The van der Waals surface area contributed by atoms with Gasteiger partial charge >= 0.3 is 0 Å². The van der Waals surface area contributed by atoms with Gasteiger partial charge in [0.15, 0.2) is 11.6 Å². The summed E-state index contributed by atoms with van der Waals surface area (Å²) in [5.41, 5.74) is 6.86. The summed E-state index contributed by atoms with van der Waals surface area (Å²) in [4.78, 5) is 12.7. The van der Waals surface area contributed by atoms with Crippen molar-refractivity contribution in [1.82, 2.24) is 15.6 Å². The molecule has 1 fully saturated rings. The molecule has 1 aliphatic rings. The zero-order valence-corrected chi connectivity index (χ0v) is 17.6. The van der Waals surface area contributed by atoms with Gasteiger partial charge in [-0.2, -0.15) is 10.2 Å². The monoisotopic (exact) mass is 418 g/mol. The van der Waals surface area contributed by atoms with E-state index in [2.05, 4.69) is 20.7 Å². The van der Waals surface area contributed by atoms with E-state index in [0.29, 0.717) is 11.3 Å². The number of aryl methyl sites for hydroxylation is 3. The van der Waals surface area contributed by atoms with Crippen molar-refractivity contribution in [3.63, 3.8) is 0 Å². The number of hydrazone groups is 1. The molecular formula is C24H23FN4O2. The van der Waals surface area contributed by atoms with Crippen molar-refractivity contribution in [3.05, 3.63) is 81.8 Å². The third-order valence-corrected chi connectivity index (χ3v) is 5.14. The van der Waals surface area contributed by atoms with Crippen LogP contribution in [0.4, 0.5) is 4.39 Å². The Kier molecular flexibility index (Phi) is 5.75. The maximum absolute atomic E-state index is 14.8. The number of ether oxygens (including phenoxy) is 1.